The van der Waals surface area contributed by atoms with Gasteiger partial charge in [0.2, 0.25) is 0 Å². The van der Waals surface area contributed by atoms with E-state index in [-0.39, 0.29) is 18.0 Å². The third kappa shape index (κ3) is 4.06. The molecular formula is C15H20N4O2. The monoisotopic (exact) mass is 288 g/mol. The topological polar surface area (TPSA) is 104 Å². The molecule has 1 aromatic heterocycles. The molecule has 0 fully saturated rings. The molecule has 2 rings (SSSR count). The molecule has 21 heavy (non-hydrogen) atoms. The highest BCUT2D eigenvalue weighted by molar-refractivity contribution is 5.40. The molecule has 0 amide bonds. The Morgan fingerprint density at radius 1 is 1.33 bits per heavy atom. The summed E-state index contributed by atoms with van der Waals surface area (Å²) in [7, 11) is 0. The van der Waals surface area contributed by atoms with Gasteiger partial charge in [0, 0.05) is 24.2 Å². The summed E-state index contributed by atoms with van der Waals surface area (Å²) in [6.07, 6.45) is -0.700. The van der Waals surface area contributed by atoms with Crippen molar-refractivity contribution in [2.24, 2.45) is 0 Å². The fourth-order valence-corrected chi connectivity index (χ4v) is 1.88. The van der Waals surface area contributed by atoms with Crippen LogP contribution in [-0.2, 0) is 0 Å². The van der Waals surface area contributed by atoms with Crippen LogP contribution in [0.15, 0.2) is 35.1 Å². The van der Waals surface area contributed by atoms with E-state index in [1.54, 1.807) is 24.3 Å². The Hall–Kier alpha value is -2.34. The maximum absolute atomic E-state index is 11.6. The van der Waals surface area contributed by atoms with Crippen LogP contribution in [0.3, 0.4) is 0 Å². The summed E-state index contributed by atoms with van der Waals surface area (Å²) in [5.41, 5.74) is 6.80. The molecule has 1 atom stereocenters. The van der Waals surface area contributed by atoms with Crippen molar-refractivity contribution < 1.29 is 5.11 Å². The minimum Gasteiger partial charge on any atom is -0.399 e. The van der Waals surface area contributed by atoms with Gasteiger partial charge in [-0.2, -0.15) is 0 Å². The van der Waals surface area contributed by atoms with Gasteiger partial charge in [0.05, 0.1) is 6.10 Å². The Labute approximate surface area is 123 Å². The molecule has 0 spiro atoms. The van der Waals surface area contributed by atoms with Crippen molar-refractivity contribution in [3.8, 4) is 0 Å². The van der Waals surface area contributed by atoms with Crippen LogP contribution in [0, 0.1) is 0 Å². The number of hydrogen-bond acceptors (Lipinski definition) is 5. The van der Waals surface area contributed by atoms with E-state index in [1.807, 2.05) is 13.8 Å². The van der Waals surface area contributed by atoms with Crippen molar-refractivity contribution >= 4 is 11.5 Å². The van der Waals surface area contributed by atoms with Gasteiger partial charge in [-0.25, -0.2) is 4.98 Å². The van der Waals surface area contributed by atoms with E-state index in [0.717, 1.165) is 5.56 Å². The first-order valence-electron chi connectivity index (χ1n) is 6.84. The van der Waals surface area contributed by atoms with Crippen LogP contribution >= 0.6 is 0 Å². The Morgan fingerprint density at radius 3 is 2.62 bits per heavy atom. The van der Waals surface area contributed by atoms with Gasteiger partial charge in [0.15, 0.2) is 0 Å². The molecule has 0 bridgehead atoms. The molecule has 2 aromatic rings. The van der Waals surface area contributed by atoms with Gasteiger partial charge in [-0.1, -0.05) is 26.0 Å². The lowest BCUT2D eigenvalue weighted by Crippen LogP contribution is -2.18. The van der Waals surface area contributed by atoms with Crippen LogP contribution in [0.2, 0.25) is 0 Å². The minimum atomic E-state index is -0.700. The highest BCUT2D eigenvalue weighted by Crippen LogP contribution is 2.16. The van der Waals surface area contributed by atoms with Gasteiger partial charge in [0.25, 0.3) is 5.56 Å². The molecule has 0 saturated carbocycles. The number of hydrogen-bond donors (Lipinski definition) is 4. The van der Waals surface area contributed by atoms with Crippen LogP contribution < -0.4 is 16.6 Å². The standard InChI is InChI=1S/C15H20N4O2/c1-9(2)15-18-13(7-14(21)19-15)17-8-12(20)10-3-5-11(16)6-4-10/h3-7,9,12,20H,8,16H2,1-2H3,(H2,17,18,19,21). The lowest BCUT2D eigenvalue weighted by Gasteiger charge is -2.14. The zero-order chi connectivity index (χ0) is 15.4. The van der Waals surface area contributed by atoms with Crippen molar-refractivity contribution in [1.82, 2.24) is 9.97 Å². The van der Waals surface area contributed by atoms with Gasteiger partial charge in [-0.15, -0.1) is 0 Å². The van der Waals surface area contributed by atoms with E-state index in [1.165, 1.54) is 6.07 Å². The van der Waals surface area contributed by atoms with E-state index in [2.05, 4.69) is 15.3 Å². The number of aliphatic hydroxyl groups excluding tert-OH is 1. The molecule has 1 heterocycles. The van der Waals surface area contributed by atoms with Crippen molar-refractivity contribution in [2.75, 3.05) is 17.6 Å². The van der Waals surface area contributed by atoms with Gasteiger partial charge < -0.3 is 21.1 Å². The van der Waals surface area contributed by atoms with Crippen LogP contribution in [0.5, 0.6) is 0 Å². The van der Waals surface area contributed by atoms with E-state index in [9.17, 15) is 9.90 Å². The van der Waals surface area contributed by atoms with Crippen LogP contribution in [0.25, 0.3) is 0 Å². The number of aromatic amines is 1. The van der Waals surface area contributed by atoms with Crippen molar-refractivity contribution in [3.05, 3.63) is 52.1 Å². The maximum Gasteiger partial charge on any atom is 0.252 e. The number of aliphatic hydroxyl groups is 1. The Balaban J connectivity index is 2.05. The van der Waals surface area contributed by atoms with E-state index >= 15 is 0 Å². The predicted molar refractivity (Wildman–Crippen MR) is 83.3 cm³/mol. The summed E-state index contributed by atoms with van der Waals surface area (Å²) >= 11 is 0. The number of nitrogens with zero attached hydrogens (tertiary/aromatic N) is 1. The molecule has 0 radical (unpaired) electrons. The summed E-state index contributed by atoms with van der Waals surface area (Å²) in [5.74, 6) is 1.20. The van der Waals surface area contributed by atoms with Crippen molar-refractivity contribution in [2.45, 2.75) is 25.9 Å². The number of nitrogens with two attached hydrogens (primary N) is 1. The first-order valence-corrected chi connectivity index (χ1v) is 6.84. The van der Waals surface area contributed by atoms with Gasteiger partial charge in [-0.3, -0.25) is 4.79 Å². The fourth-order valence-electron chi connectivity index (χ4n) is 1.88. The van der Waals surface area contributed by atoms with Crippen molar-refractivity contribution in [1.29, 1.82) is 0 Å². The largest absolute Gasteiger partial charge is 0.399 e. The highest BCUT2D eigenvalue weighted by Gasteiger charge is 2.09. The first kappa shape index (κ1) is 15.1. The number of nitrogen functional groups attached to an aromatic ring is 1. The number of anilines is 2. The van der Waals surface area contributed by atoms with E-state index in [4.69, 9.17) is 5.73 Å². The molecule has 112 valence electrons. The van der Waals surface area contributed by atoms with Crippen LogP contribution in [0.1, 0.15) is 37.3 Å². The average Bonchev–Trinajstić information content (AvgIpc) is 2.45. The molecule has 1 unspecified atom stereocenters. The maximum atomic E-state index is 11.6. The number of rotatable bonds is 5. The Bertz CT molecular complexity index is 649. The second kappa shape index (κ2) is 6.41. The zero-order valence-electron chi connectivity index (χ0n) is 12.1. The molecule has 0 aliphatic heterocycles. The molecule has 5 N–H and O–H groups in total. The van der Waals surface area contributed by atoms with Crippen LogP contribution in [0.4, 0.5) is 11.5 Å². The molecule has 6 heteroatoms. The second-order valence-electron chi connectivity index (χ2n) is 5.23. The normalized spacial score (nSPS) is 12.4. The first-order chi connectivity index (χ1) is 9.95. The summed E-state index contributed by atoms with van der Waals surface area (Å²) in [4.78, 5) is 18.6. The summed E-state index contributed by atoms with van der Waals surface area (Å²) < 4.78 is 0. The number of nitrogens with one attached hydrogen (secondary N) is 2. The van der Waals surface area contributed by atoms with Gasteiger partial charge in [0.1, 0.15) is 11.6 Å². The van der Waals surface area contributed by atoms with Crippen LogP contribution in [-0.4, -0.2) is 21.6 Å². The number of benzene rings is 1. The highest BCUT2D eigenvalue weighted by atomic mass is 16.3. The predicted octanol–water partition coefficient (Wildman–Crippen LogP) is 1.62. The molecule has 0 aliphatic rings. The smallest absolute Gasteiger partial charge is 0.252 e. The summed E-state index contributed by atoms with van der Waals surface area (Å²) in [6, 6.07) is 8.39. The number of aromatic nitrogens is 2. The van der Waals surface area contributed by atoms with E-state index in [0.29, 0.717) is 17.3 Å². The molecule has 1 aromatic carbocycles. The third-order valence-corrected chi connectivity index (χ3v) is 3.10. The minimum absolute atomic E-state index is 0.126. The summed E-state index contributed by atoms with van der Waals surface area (Å²) in [6.45, 7) is 4.16. The molecule has 0 saturated heterocycles. The fraction of sp³-hybridized carbons (Fsp3) is 0.333. The molecule has 6 nitrogen and oxygen atoms in total. The van der Waals surface area contributed by atoms with E-state index < -0.39 is 6.10 Å². The third-order valence-electron chi connectivity index (χ3n) is 3.10. The Kier molecular flexibility index (Phi) is 4.59. The quantitative estimate of drug-likeness (QED) is 0.626. The molecular weight excluding hydrogens is 268 g/mol. The lowest BCUT2D eigenvalue weighted by molar-refractivity contribution is 0.191. The SMILES string of the molecule is CC(C)c1nc(NCC(O)c2ccc(N)cc2)cc(=O)[nH]1. The van der Waals surface area contributed by atoms with Crippen molar-refractivity contribution in [3.63, 3.8) is 0 Å². The summed E-state index contributed by atoms with van der Waals surface area (Å²) in [5, 5.41) is 13.1. The average molecular weight is 288 g/mol. The van der Waals surface area contributed by atoms with Gasteiger partial charge >= 0.3 is 0 Å². The lowest BCUT2D eigenvalue weighted by atomic mass is 10.1. The number of H-pyrrole nitrogens is 1. The zero-order valence-corrected chi connectivity index (χ0v) is 12.1. The molecule has 0 aliphatic carbocycles. The second-order valence-corrected chi connectivity index (χ2v) is 5.23. The Morgan fingerprint density at radius 2 is 2.00 bits per heavy atom. The van der Waals surface area contributed by atoms with Gasteiger partial charge in [-0.05, 0) is 17.7 Å².